The first kappa shape index (κ1) is 19.4. The molecule has 2 aromatic carbocycles. The van der Waals surface area contributed by atoms with Gasteiger partial charge in [0.2, 0.25) is 0 Å². The quantitative estimate of drug-likeness (QED) is 0.508. The number of carbonyl (C=O) groups is 1. The zero-order valence-electron chi connectivity index (χ0n) is 15.7. The fraction of sp³-hybridized carbons (Fsp3) is 0.286. The van der Waals surface area contributed by atoms with Gasteiger partial charge in [-0.1, -0.05) is 54.3 Å². The highest BCUT2D eigenvalue weighted by molar-refractivity contribution is 5.81. The van der Waals surface area contributed by atoms with Crippen molar-refractivity contribution in [2.45, 2.75) is 39.3 Å². The van der Waals surface area contributed by atoms with Crippen LogP contribution in [0.15, 0.2) is 67.3 Å². The van der Waals surface area contributed by atoms with Gasteiger partial charge in [0, 0.05) is 6.08 Å². The van der Waals surface area contributed by atoms with Crippen LogP contribution in [-0.4, -0.2) is 21.0 Å². The van der Waals surface area contributed by atoms with Gasteiger partial charge >= 0.3 is 5.97 Å². The summed E-state index contributed by atoms with van der Waals surface area (Å²) in [6, 6.07) is 17.6. The van der Waals surface area contributed by atoms with Gasteiger partial charge in [-0.05, 0) is 45.4 Å². The molecule has 1 unspecified atom stereocenters. The van der Waals surface area contributed by atoms with E-state index in [2.05, 4.69) is 37.7 Å². The van der Waals surface area contributed by atoms with E-state index in [1.807, 2.05) is 66.2 Å². The minimum Gasteiger partial charge on any atom is -0.455 e. The lowest BCUT2D eigenvalue weighted by Gasteiger charge is -2.18. The van der Waals surface area contributed by atoms with Gasteiger partial charge < -0.3 is 4.74 Å². The zero-order valence-corrected chi connectivity index (χ0v) is 15.7. The van der Waals surface area contributed by atoms with Crippen LogP contribution in [0.5, 0.6) is 0 Å². The molecule has 5 nitrogen and oxygen atoms in total. The van der Waals surface area contributed by atoms with Gasteiger partial charge in [-0.3, -0.25) is 0 Å². The largest absolute Gasteiger partial charge is 0.455 e. The number of fused-ring (bicyclic) bond motifs is 1. The van der Waals surface area contributed by atoms with Gasteiger partial charge in [0.1, 0.15) is 11.6 Å². The molecule has 0 spiro atoms. The fourth-order valence-electron chi connectivity index (χ4n) is 2.38. The fourth-order valence-corrected chi connectivity index (χ4v) is 2.38. The van der Waals surface area contributed by atoms with Crippen LogP contribution >= 0.6 is 0 Å². The number of ether oxygens (including phenoxy) is 1. The van der Waals surface area contributed by atoms with Gasteiger partial charge in [0.15, 0.2) is 0 Å². The van der Waals surface area contributed by atoms with Crippen LogP contribution in [0.25, 0.3) is 11.0 Å². The Bertz CT molecular complexity index is 864. The summed E-state index contributed by atoms with van der Waals surface area (Å²) in [5.41, 5.74) is 3.03. The van der Waals surface area contributed by atoms with E-state index in [4.69, 9.17) is 4.74 Å². The number of para-hydroxylation sites is 1. The van der Waals surface area contributed by atoms with Crippen LogP contribution in [0.2, 0.25) is 0 Å². The van der Waals surface area contributed by atoms with Gasteiger partial charge in [-0.15, -0.1) is 5.10 Å². The molecule has 136 valence electrons. The van der Waals surface area contributed by atoms with E-state index in [0.29, 0.717) is 0 Å². The summed E-state index contributed by atoms with van der Waals surface area (Å²) in [5.74, 6) is -0.392. The molecule has 0 fully saturated rings. The molecule has 0 bridgehead atoms. The smallest absolute Gasteiger partial charge is 0.330 e. The van der Waals surface area contributed by atoms with Crippen molar-refractivity contribution in [3.63, 3.8) is 0 Å². The summed E-state index contributed by atoms with van der Waals surface area (Å²) in [6.07, 6.45) is 0.950. The van der Waals surface area contributed by atoms with Crippen molar-refractivity contribution in [3.05, 3.63) is 72.8 Å². The molecule has 5 heteroatoms. The Morgan fingerprint density at radius 1 is 1.12 bits per heavy atom. The molecule has 1 aromatic heterocycles. The lowest BCUT2D eigenvalue weighted by molar-refractivity contribution is -0.142. The Kier molecular flexibility index (Phi) is 6.28. The SMILES string of the molecule is C=CC(=O)OC(C)c1ccccc1.CC(C)(C)n1nnc2ccccc21. The lowest BCUT2D eigenvalue weighted by atomic mass is 10.1. The van der Waals surface area contributed by atoms with Crippen molar-refractivity contribution in [3.8, 4) is 0 Å². The summed E-state index contributed by atoms with van der Waals surface area (Å²) in [5, 5.41) is 8.23. The number of carbonyl (C=O) groups excluding carboxylic acids is 1. The number of benzene rings is 2. The molecule has 0 saturated carbocycles. The standard InChI is InChI=1S/C11H12O2.C10H13N3/c1-3-11(12)13-9(2)10-7-5-4-6-8-10;1-10(2,3)13-9-7-5-4-6-8(9)11-12-13/h3-9H,1H2,2H3;4-7H,1-3H3. The summed E-state index contributed by atoms with van der Waals surface area (Å²) in [6.45, 7) is 11.5. The van der Waals surface area contributed by atoms with Crippen molar-refractivity contribution >= 4 is 17.0 Å². The molecule has 3 aromatic rings. The number of aromatic nitrogens is 3. The first-order valence-electron chi connectivity index (χ1n) is 8.52. The van der Waals surface area contributed by atoms with Crippen LogP contribution < -0.4 is 0 Å². The van der Waals surface area contributed by atoms with E-state index in [1.54, 1.807) is 0 Å². The van der Waals surface area contributed by atoms with Crippen molar-refractivity contribution in [1.29, 1.82) is 0 Å². The van der Waals surface area contributed by atoms with E-state index < -0.39 is 5.97 Å². The third-order valence-corrected chi connectivity index (χ3v) is 3.72. The number of nitrogens with zero attached hydrogens (tertiary/aromatic N) is 3. The molecule has 0 aliphatic rings. The molecular weight excluding hydrogens is 326 g/mol. The first-order chi connectivity index (χ1) is 12.3. The highest BCUT2D eigenvalue weighted by Crippen LogP contribution is 2.19. The average Bonchev–Trinajstić information content (AvgIpc) is 3.07. The average molecular weight is 351 g/mol. The summed E-state index contributed by atoms with van der Waals surface area (Å²) < 4.78 is 6.98. The van der Waals surface area contributed by atoms with Crippen LogP contribution in [-0.2, 0) is 15.1 Å². The normalized spacial score (nSPS) is 12.0. The third-order valence-electron chi connectivity index (χ3n) is 3.72. The topological polar surface area (TPSA) is 57.0 Å². The van der Waals surface area contributed by atoms with E-state index in [9.17, 15) is 4.79 Å². The zero-order chi connectivity index (χ0) is 19.2. The number of hydrogen-bond donors (Lipinski definition) is 0. The number of rotatable bonds is 3. The first-order valence-corrected chi connectivity index (χ1v) is 8.52. The van der Waals surface area contributed by atoms with Crippen molar-refractivity contribution in [2.24, 2.45) is 0 Å². The minimum absolute atomic E-state index is 0.00387. The van der Waals surface area contributed by atoms with Crippen LogP contribution in [0, 0.1) is 0 Å². The van der Waals surface area contributed by atoms with Gasteiger partial charge in [0.25, 0.3) is 0 Å². The molecule has 0 aliphatic carbocycles. The van der Waals surface area contributed by atoms with Gasteiger partial charge in [-0.2, -0.15) is 0 Å². The Labute approximate surface area is 154 Å². The van der Waals surface area contributed by atoms with Gasteiger partial charge in [0.05, 0.1) is 11.1 Å². The maximum atomic E-state index is 10.9. The molecule has 0 saturated heterocycles. The van der Waals surface area contributed by atoms with Crippen molar-refractivity contribution < 1.29 is 9.53 Å². The lowest BCUT2D eigenvalue weighted by Crippen LogP contribution is -2.22. The van der Waals surface area contributed by atoms with E-state index in [0.717, 1.165) is 16.6 Å². The van der Waals surface area contributed by atoms with E-state index >= 15 is 0 Å². The highest BCUT2D eigenvalue weighted by atomic mass is 16.5. The number of hydrogen-bond acceptors (Lipinski definition) is 4. The van der Waals surface area contributed by atoms with E-state index in [-0.39, 0.29) is 11.6 Å². The van der Waals surface area contributed by atoms with Crippen LogP contribution in [0.4, 0.5) is 0 Å². The monoisotopic (exact) mass is 351 g/mol. The molecule has 26 heavy (non-hydrogen) atoms. The second-order valence-electron chi connectivity index (χ2n) is 6.85. The molecule has 0 radical (unpaired) electrons. The third kappa shape index (κ3) is 5.02. The summed E-state index contributed by atoms with van der Waals surface area (Å²) in [7, 11) is 0. The number of esters is 1. The Hall–Kier alpha value is -2.95. The van der Waals surface area contributed by atoms with Crippen LogP contribution in [0.3, 0.4) is 0 Å². The Morgan fingerprint density at radius 2 is 1.73 bits per heavy atom. The van der Waals surface area contributed by atoms with Crippen LogP contribution in [0.1, 0.15) is 39.4 Å². The maximum Gasteiger partial charge on any atom is 0.330 e. The van der Waals surface area contributed by atoms with E-state index in [1.165, 1.54) is 6.08 Å². The van der Waals surface area contributed by atoms with Crippen molar-refractivity contribution in [1.82, 2.24) is 15.0 Å². The minimum atomic E-state index is -0.392. The highest BCUT2D eigenvalue weighted by Gasteiger charge is 2.16. The maximum absolute atomic E-state index is 10.9. The molecule has 0 N–H and O–H groups in total. The predicted octanol–water partition coefficient (Wildman–Crippen LogP) is 4.66. The van der Waals surface area contributed by atoms with Crippen molar-refractivity contribution in [2.75, 3.05) is 0 Å². The molecule has 1 heterocycles. The predicted molar refractivity (Wildman–Crippen MR) is 104 cm³/mol. The Balaban J connectivity index is 0.000000187. The molecule has 0 amide bonds. The summed E-state index contributed by atoms with van der Waals surface area (Å²) in [4.78, 5) is 10.9. The summed E-state index contributed by atoms with van der Waals surface area (Å²) >= 11 is 0. The molecule has 3 rings (SSSR count). The molecule has 0 aliphatic heterocycles. The van der Waals surface area contributed by atoms with Gasteiger partial charge in [-0.25, -0.2) is 9.48 Å². The second-order valence-corrected chi connectivity index (χ2v) is 6.85. The Morgan fingerprint density at radius 3 is 2.35 bits per heavy atom. The molecule has 1 atom stereocenters. The second kappa shape index (κ2) is 8.43. The molecular formula is C21H25N3O2.